The molecule has 0 spiro atoms. The third-order valence-corrected chi connectivity index (χ3v) is 4.44. The number of carbonyl (C=O) groups excluding carboxylic acids is 1. The minimum atomic E-state index is -4.94. The van der Waals surface area contributed by atoms with Gasteiger partial charge in [0.1, 0.15) is 7.85 Å². The summed E-state index contributed by atoms with van der Waals surface area (Å²) < 4.78 is 37.4. The molecule has 0 saturated carbocycles. The number of hydrogen-bond acceptors (Lipinski definition) is 2. The molecule has 1 rings (SSSR count). The maximum atomic E-state index is 12.3. The summed E-state index contributed by atoms with van der Waals surface area (Å²) in [5.41, 5.74) is -0.418. The van der Waals surface area contributed by atoms with Gasteiger partial charge in [-0.25, -0.2) is 0 Å². The van der Waals surface area contributed by atoms with Crippen molar-refractivity contribution in [3.63, 3.8) is 0 Å². The van der Waals surface area contributed by atoms with Crippen molar-refractivity contribution < 1.29 is 23.1 Å². The fourth-order valence-electron chi connectivity index (χ4n) is 1.87. The lowest BCUT2D eigenvalue weighted by Gasteiger charge is -2.34. The molecule has 0 bridgehead atoms. The van der Waals surface area contributed by atoms with E-state index in [1.54, 1.807) is 7.85 Å². The van der Waals surface area contributed by atoms with Gasteiger partial charge in [-0.15, -0.1) is 12.1 Å². The molecule has 0 aromatic heterocycles. The van der Waals surface area contributed by atoms with Crippen molar-refractivity contribution in [2.45, 2.75) is 25.1 Å². The molecule has 0 fully saturated rings. The number of halogens is 4. The fourth-order valence-corrected chi connectivity index (χ4v) is 3.01. The van der Waals surface area contributed by atoms with Gasteiger partial charge in [-0.05, 0) is 42.0 Å². The lowest BCUT2D eigenvalue weighted by atomic mass is 9.75. The van der Waals surface area contributed by atoms with E-state index < -0.39 is 23.6 Å². The molecule has 2 atom stereocenters. The number of amides is 1. The Bertz CT molecular complexity index is 497. The minimum Gasteiger partial charge on any atom is -0.385 e. The number of nitrogens with one attached hydrogen (secondary N) is 1. The van der Waals surface area contributed by atoms with Crippen molar-refractivity contribution in [1.29, 1.82) is 0 Å². The van der Waals surface area contributed by atoms with Crippen molar-refractivity contribution in [1.82, 2.24) is 5.32 Å². The second kappa shape index (κ2) is 5.93. The van der Waals surface area contributed by atoms with E-state index in [-0.39, 0.29) is 5.70 Å². The molecule has 1 aliphatic carbocycles. The first kappa shape index (κ1) is 17.3. The molecular formula is C12H14BF3INO2. The third kappa shape index (κ3) is 3.88. The third-order valence-electron chi connectivity index (χ3n) is 3.10. The predicted molar refractivity (Wildman–Crippen MR) is 80.8 cm³/mol. The fraction of sp³-hybridized carbons (Fsp3) is 0.417. The van der Waals surface area contributed by atoms with Gasteiger partial charge in [0.05, 0.1) is 5.60 Å². The van der Waals surface area contributed by atoms with Gasteiger partial charge in [0, 0.05) is 15.2 Å². The Hall–Kier alpha value is -0.765. The first-order chi connectivity index (χ1) is 8.99. The van der Waals surface area contributed by atoms with Crippen LogP contribution in [-0.2, 0) is 4.79 Å². The van der Waals surface area contributed by atoms with Crippen molar-refractivity contribution >= 4 is 36.3 Å². The highest BCUT2D eigenvalue weighted by Gasteiger charge is 2.40. The number of rotatable bonds is 3. The zero-order valence-corrected chi connectivity index (χ0v) is 13.2. The molecule has 20 heavy (non-hydrogen) atoms. The van der Waals surface area contributed by atoms with Crippen molar-refractivity contribution in [3.05, 3.63) is 33.5 Å². The molecule has 0 aromatic carbocycles. The maximum Gasteiger partial charge on any atom is 0.471 e. The number of carbonyl (C=O) groups is 1. The largest absolute Gasteiger partial charge is 0.471 e. The van der Waals surface area contributed by atoms with E-state index in [9.17, 15) is 23.1 Å². The molecule has 0 radical (unpaired) electrons. The molecule has 0 aromatic rings. The van der Waals surface area contributed by atoms with E-state index in [4.69, 9.17) is 0 Å². The number of allylic oxidation sites excluding steroid dienone is 2. The van der Waals surface area contributed by atoms with Crippen LogP contribution in [-0.4, -0.2) is 30.6 Å². The molecular weight excluding hydrogens is 385 g/mol. The van der Waals surface area contributed by atoms with Gasteiger partial charge in [0.15, 0.2) is 0 Å². The summed E-state index contributed by atoms with van der Waals surface area (Å²) >= 11 is 1.85. The molecule has 110 valence electrons. The Kier molecular flexibility index (Phi) is 5.12. The van der Waals surface area contributed by atoms with Crippen molar-refractivity contribution in [2.75, 3.05) is 0 Å². The standard InChI is InChI=1S/C12H14BF3INO2/c1-3-11(2,20)7-4-6(13)5-8(9(7)17)18-10(19)12(14,15)16/h3,5,7,20H,1,4,13H2,2H3,(H,18,19). The van der Waals surface area contributed by atoms with Crippen LogP contribution in [0.5, 0.6) is 0 Å². The second-order valence-corrected chi connectivity index (χ2v) is 6.05. The highest BCUT2D eigenvalue weighted by Crippen LogP contribution is 2.39. The van der Waals surface area contributed by atoms with E-state index >= 15 is 0 Å². The molecule has 2 unspecified atom stereocenters. The van der Waals surface area contributed by atoms with E-state index in [0.29, 0.717) is 10.0 Å². The van der Waals surface area contributed by atoms with Crippen LogP contribution in [0, 0.1) is 5.92 Å². The maximum absolute atomic E-state index is 12.3. The summed E-state index contributed by atoms with van der Waals surface area (Å²) in [6.45, 7) is 5.06. The zero-order valence-electron chi connectivity index (χ0n) is 11.0. The summed E-state index contributed by atoms with van der Waals surface area (Å²) in [7, 11) is 1.73. The number of hydrogen-bond donors (Lipinski definition) is 2. The lowest BCUT2D eigenvalue weighted by Crippen LogP contribution is -2.40. The molecule has 0 saturated heterocycles. The first-order valence-corrected chi connectivity index (χ1v) is 6.88. The molecule has 8 heteroatoms. The summed E-state index contributed by atoms with van der Waals surface area (Å²) in [6.07, 6.45) is -1.62. The van der Waals surface area contributed by atoms with Crippen LogP contribution in [0.1, 0.15) is 13.3 Å². The molecule has 2 N–H and O–H groups in total. The average molecular weight is 399 g/mol. The average Bonchev–Trinajstić information content (AvgIpc) is 2.31. The normalized spacial score (nSPS) is 22.9. The minimum absolute atomic E-state index is 0.0730. The molecule has 0 aliphatic heterocycles. The van der Waals surface area contributed by atoms with Gasteiger partial charge in [-0.1, -0.05) is 6.08 Å². The van der Waals surface area contributed by atoms with Crippen LogP contribution >= 0.6 is 22.6 Å². The van der Waals surface area contributed by atoms with Gasteiger partial charge in [0.2, 0.25) is 0 Å². The summed E-state index contributed by atoms with van der Waals surface area (Å²) in [5, 5.41) is 12.1. The predicted octanol–water partition coefficient (Wildman–Crippen LogP) is 1.79. The summed E-state index contributed by atoms with van der Waals surface area (Å²) in [4.78, 5) is 11.0. The van der Waals surface area contributed by atoms with Gasteiger partial charge in [0.25, 0.3) is 0 Å². The number of aliphatic hydroxyl groups is 1. The Morgan fingerprint density at radius 3 is 2.65 bits per heavy atom. The van der Waals surface area contributed by atoms with Crippen LogP contribution < -0.4 is 5.32 Å². The van der Waals surface area contributed by atoms with Crippen molar-refractivity contribution in [3.8, 4) is 0 Å². The Morgan fingerprint density at radius 1 is 1.65 bits per heavy atom. The molecule has 1 aliphatic rings. The van der Waals surface area contributed by atoms with Crippen LogP contribution in [0.15, 0.2) is 33.5 Å². The first-order valence-electron chi connectivity index (χ1n) is 5.80. The molecule has 1 amide bonds. The van der Waals surface area contributed by atoms with Gasteiger partial charge < -0.3 is 10.4 Å². The monoisotopic (exact) mass is 399 g/mol. The van der Waals surface area contributed by atoms with E-state index in [0.717, 1.165) is 5.47 Å². The van der Waals surface area contributed by atoms with E-state index in [2.05, 4.69) is 6.58 Å². The Morgan fingerprint density at radius 2 is 2.20 bits per heavy atom. The molecule has 3 nitrogen and oxygen atoms in total. The highest BCUT2D eigenvalue weighted by atomic mass is 127. The summed E-state index contributed by atoms with van der Waals surface area (Å²) in [6, 6.07) is 0. The summed E-state index contributed by atoms with van der Waals surface area (Å²) in [5.74, 6) is -2.46. The second-order valence-electron chi connectivity index (χ2n) is 4.89. The van der Waals surface area contributed by atoms with Gasteiger partial charge in [-0.3, -0.25) is 4.79 Å². The van der Waals surface area contributed by atoms with Crippen LogP contribution in [0.3, 0.4) is 0 Å². The molecule has 0 heterocycles. The Balaban J connectivity index is 3.12. The topological polar surface area (TPSA) is 49.3 Å². The van der Waals surface area contributed by atoms with Gasteiger partial charge in [-0.2, -0.15) is 13.2 Å². The van der Waals surface area contributed by atoms with E-state index in [1.807, 2.05) is 27.9 Å². The lowest BCUT2D eigenvalue weighted by molar-refractivity contribution is -0.172. The quantitative estimate of drug-likeness (QED) is 0.432. The smallest absolute Gasteiger partial charge is 0.385 e. The van der Waals surface area contributed by atoms with Crippen LogP contribution in [0.25, 0.3) is 0 Å². The SMILES string of the molecule is BC1=CC(NC(=O)C(F)(F)F)=C(I)C(C(C)(O)C=C)C1. The Labute approximate surface area is 129 Å². The van der Waals surface area contributed by atoms with Gasteiger partial charge >= 0.3 is 12.1 Å². The highest BCUT2D eigenvalue weighted by molar-refractivity contribution is 14.1. The van der Waals surface area contributed by atoms with E-state index in [1.165, 1.54) is 19.1 Å². The van der Waals surface area contributed by atoms with Crippen LogP contribution in [0.4, 0.5) is 13.2 Å². The van der Waals surface area contributed by atoms with Crippen LogP contribution in [0.2, 0.25) is 0 Å². The van der Waals surface area contributed by atoms with Crippen molar-refractivity contribution in [2.24, 2.45) is 5.92 Å². The number of alkyl halides is 3. The zero-order chi connectivity index (χ0) is 15.7.